The molecule has 2 atom stereocenters. The highest BCUT2D eigenvalue weighted by Gasteiger charge is 2.46. The van der Waals surface area contributed by atoms with Gasteiger partial charge in [0.05, 0.1) is 5.71 Å². The predicted molar refractivity (Wildman–Crippen MR) is 55.5 cm³/mol. The van der Waals surface area contributed by atoms with E-state index < -0.39 is 5.60 Å². The second kappa shape index (κ2) is 3.83. The topological polar surface area (TPSA) is 47.9 Å². The van der Waals surface area contributed by atoms with Gasteiger partial charge in [-0.05, 0) is 26.2 Å². The smallest absolute Gasteiger partial charge is 0.302 e. The molecule has 0 spiro atoms. The lowest BCUT2D eigenvalue weighted by Crippen LogP contribution is -2.42. The minimum atomic E-state index is -0.429. The van der Waals surface area contributed by atoms with Crippen molar-refractivity contribution < 1.29 is 14.4 Å². The van der Waals surface area contributed by atoms with E-state index in [1.54, 1.807) is 0 Å². The molecule has 15 heavy (non-hydrogen) atoms. The van der Waals surface area contributed by atoms with E-state index in [0.717, 1.165) is 18.6 Å². The Labute approximate surface area is 89.6 Å². The van der Waals surface area contributed by atoms with Crippen LogP contribution < -0.4 is 0 Å². The van der Waals surface area contributed by atoms with Crippen molar-refractivity contribution in [3.63, 3.8) is 0 Å². The number of carbonyl (C=O) groups is 1. The third-order valence-corrected chi connectivity index (χ3v) is 3.25. The van der Waals surface area contributed by atoms with Gasteiger partial charge in [-0.15, -0.1) is 0 Å². The molecule has 2 aliphatic rings. The SMILES string of the molecule is CC(=O)OCC1(C)ON=C2CCCCC21. The lowest BCUT2D eigenvalue weighted by molar-refractivity contribution is -0.152. The monoisotopic (exact) mass is 211 g/mol. The molecule has 1 aliphatic heterocycles. The Morgan fingerprint density at radius 2 is 2.47 bits per heavy atom. The summed E-state index contributed by atoms with van der Waals surface area (Å²) in [5.41, 5.74) is 0.720. The van der Waals surface area contributed by atoms with Crippen molar-refractivity contribution in [2.45, 2.75) is 45.1 Å². The number of esters is 1. The minimum absolute atomic E-state index is 0.260. The van der Waals surface area contributed by atoms with Crippen LogP contribution in [0, 0.1) is 5.92 Å². The Balaban J connectivity index is 2.01. The van der Waals surface area contributed by atoms with Crippen LogP contribution in [0.1, 0.15) is 39.5 Å². The van der Waals surface area contributed by atoms with Gasteiger partial charge in [-0.1, -0.05) is 11.6 Å². The molecule has 0 radical (unpaired) electrons. The maximum absolute atomic E-state index is 10.8. The summed E-state index contributed by atoms with van der Waals surface area (Å²) in [6, 6.07) is 0. The molecule has 0 bridgehead atoms. The van der Waals surface area contributed by atoms with Gasteiger partial charge in [0, 0.05) is 12.8 Å². The first-order valence-electron chi connectivity index (χ1n) is 5.50. The molecule has 1 saturated carbocycles. The Morgan fingerprint density at radius 3 is 3.20 bits per heavy atom. The third-order valence-electron chi connectivity index (χ3n) is 3.25. The molecule has 2 rings (SSSR count). The molecule has 0 saturated heterocycles. The summed E-state index contributed by atoms with van der Waals surface area (Å²) in [6.07, 6.45) is 4.53. The quantitative estimate of drug-likeness (QED) is 0.655. The number of carbonyl (C=O) groups excluding carboxylic acids is 1. The fraction of sp³-hybridized carbons (Fsp3) is 0.818. The highest BCUT2D eigenvalue weighted by atomic mass is 16.7. The van der Waals surface area contributed by atoms with Crippen LogP contribution in [-0.2, 0) is 14.4 Å². The highest BCUT2D eigenvalue weighted by molar-refractivity contribution is 5.89. The Morgan fingerprint density at radius 1 is 1.67 bits per heavy atom. The second-order valence-electron chi connectivity index (χ2n) is 4.57. The van der Waals surface area contributed by atoms with E-state index in [4.69, 9.17) is 9.57 Å². The molecule has 4 heteroatoms. The van der Waals surface area contributed by atoms with Gasteiger partial charge in [-0.3, -0.25) is 4.79 Å². The van der Waals surface area contributed by atoms with Crippen molar-refractivity contribution in [3.8, 4) is 0 Å². The van der Waals surface area contributed by atoms with E-state index in [1.165, 1.54) is 19.8 Å². The van der Waals surface area contributed by atoms with Gasteiger partial charge >= 0.3 is 5.97 Å². The van der Waals surface area contributed by atoms with Gasteiger partial charge in [-0.2, -0.15) is 0 Å². The summed E-state index contributed by atoms with van der Waals surface area (Å²) < 4.78 is 5.04. The average Bonchev–Trinajstić information content (AvgIpc) is 2.56. The van der Waals surface area contributed by atoms with E-state index in [0.29, 0.717) is 12.5 Å². The third kappa shape index (κ3) is 1.98. The normalized spacial score (nSPS) is 34.0. The van der Waals surface area contributed by atoms with Gasteiger partial charge in [0.25, 0.3) is 0 Å². The van der Waals surface area contributed by atoms with Crippen LogP contribution >= 0.6 is 0 Å². The molecular formula is C11H17NO3. The average molecular weight is 211 g/mol. The van der Waals surface area contributed by atoms with Crippen LogP contribution in [0.3, 0.4) is 0 Å². The number of rotatable bonds is 2. The predicted octanol–water partition coefficient (Wildman–Crippen LogP) is 1.88. The Kier molecular flexibility index (Phi) is 2.67. The lowest BCUT2D eigenvalue weighted by atomic mass is 9.77. The molecule has 0 aromatic rings. The summed E-state index contributed by atoms with van der Waals surface area (Å²) >= 11 is 0. The molecule has 4 nitrogen and oxygen atoms in total. The van der Waals surface area contributed by atoms with Crippen molar-refractivity contribution in [1.29, 1.82) is 0 Å². The maximum atomic E-state index is 10.8. The zero-order valence-electron chi connectivity index (χ0n) is 9.28. The van der Waals surface area contributed by atoms with Crippen molar-refractivity contribution in [3.05, 3.63) is 0 Å². The first kappa shape index (κ1) is 10.5. The highest BCUT2D eigenvalue weighted by Crippen LogP contribution is 2.38. The van der Waals surface area contributed by atoms with Crippen LogP contribution in [0.5, 0.6) is 0 Å². The standard InChI is InChI=1S/C11H17NO3/c1-8(13)14-7-11(2)9-5-3-4-6-10(9)12-15-11/h9H,3-7H2,1-2H3. The van der Waals surface area contributed by atoms with Crippen molar-refractivity contribution in [1.82, 2.24) is 0 Å². The molecule has 0 N–H and O–H groups in total. The van der Waals surface area contributed by atoms with Gasteiger partial charge < -0.3 is 9.57 Å². The van der Waals surface area contributed by atoms with Gasteiger partial charge in [-0.25, -0.2) is 0 Å². The number of nitrogens with zero attached hydrogens (tertiary/aromatic N) is 1. The molecule has 0 aromatic carbocycles. The second-order valence-corrected chi connectivity index (χ2v) is 4.57. The summed E-state index contributed by atoms with van der Waals surface area (Å²) in [7, 11) is 0. The van der Waals surface area contributed by atoms with Crippen LogP contribution in [0.15, 0.2) is 5.16 Å². The molecule has 84 valence electrons. The Hall–Kier alpha value is -1.06. The molecule has 2 unspecified atom stereocenters. The van der Waals surface area contributed by atoms with Gasteiger partial charge in [0.1, 0.15) is 6.61 Å². The van der Waals surface area contributed by atoms with E-state index in [-0.39, 0.29) is 5.97 Å². The summed E-state index contributed by atoms with van der Waals surface area (Å²) in [5.74, 6) is 0.0784. The Bertz CT molecular complexity index is 300. The molecule has 0 amide bonds. The number of ether oxygens (including phenoxy) is 1. The number of fused-ring (bicyclic) bond motifs is 1. The van der Waals surface area contributed by atoms with Crippen LogP contribution in [0.25, 0.3) is 0 Å². The largest absolute Gasteiger partial charge is 0.461 e. The molecule has 1 heterocycles. The van der Waals surface area contributed by atoms with Crippen molar-refractivity contribution in [2.75, 3.05) is 6.61 Å². The molecule has 1 fully saturated rings. The first-order chi connectivity index (χ1) is 7.12. The van der Waals surface area contributed by atoms with Crippen LogP contribution in [-0.4, -0.2) is 23.9 Å². The van der Waals surface area contributed by atoms with E-state index >= 15 is 0 Å². The van der Waals surface area contributed by atoms with Crippen LogP contribution in [0.2, 0.25) is 0 Å². The van der Waals surface area contributed by atoms with Gasteiger partial charge in [0.15, 0.2) is 5.60 Å². The number of oxime groups is 1. The number of hydrogen-bond donors (Lipinski definition) is 0. The minimum Gasteiger partial charge on any atom is -0.461 e. The molecule has 0 aromatic heterocycles. The maximum Gasteiger partial charge on any atom is 0.302 e. The van der Waals surface area contributed by atoms with Crippen LogP contribution in [0.4, 0.5) is 0 Å². The zero-order chi connectivity index (χ0) is 10.9. The van der Waals surface area contributed by atoms with Gasteiger partial charge in [0.2, 0.25) is 0 Å². The van der Waals surface area contributed by atoms with E-state index in [9.17, 15) is 4.79 Å². The van der Waals surface area contributed by atoms with Crippen molar-refractivity contribution in [2.24, 2.45) is 11.1 Å². The fourth-order valence-corrected chi connectivity index (χ4v) is 2.36. The van der Waals surface area contributed by atoms with Crippen molar-refractivity contribution >= 4 is 11.7 Å². The molecular weight excluding hydrogens is 194 g/mol. The zero-order valence-corrected chi connectivity index (χ0v) is 9.28. The molecule has 1 aliphatic carbocycles. The van der Waals surface area contributed by atoms with E-state index in [2.05, 4.69) is 5.16 Å². The fourth-order valence-electron chi connectivity index (χ4n) is 2.36. The summed E-state index contributed by atoms with van der Waals surface area (Å²) in [6.45, 7) is 3.70. The summed E-state index contributed by atoms with van der Waals surface area (Å²) in [4.78, 5) is 16.2. The number of hydrogen-bond acceptors (Lipinski definition) is 4. The lowest BCUT2D eigenvalue weighted by Gasteiger charge is -2.30. The summed E-state index contributed by atoms with van der Waals surface area (Å²) in [5, 5.41) is 4.11. The first-order valence-corrected chi connectivity index (χ1v) is 5.50. The van der Waals surface area contributed by atoms with E-state index in [1.807, 2.05) is 6.92 Å².